The third kappa shape index (κ3) is 8.46. The zero-order chi connectivity index (χ0) is 37.1. The van der Waals surface area contributed by atoms with Gasteiger partial charge in [-0.05, 0) is 89.9 Å². The van der Waals surface area contributed by atoms with E-state index in [9.17, 15) is 24.0 Å². The SMILES string of the molecule is CC(C)(C)OC(=O)C(CCn1nnc2ccccc2c1=O)(CC(=O)c1noc2cc(OCc3cccc(C(N)=O)c3)ccc12)C(=O)OC(C)(C)C. The van der Waals surface area contributed by atoms with Crippen LogP contribution >= 0.6 is 0 Å². The molecule has 0 bridgehead atoms. The van der Waals surface area contributed by atoms with Crippen LogP contribution in [0.5, 0.6) is 5.75 Å². The van der Waals surface area contributed by atoms with E-state index in [1.165, 1.54) is 6.07 Å². The highest BCUT2D eigenvalue weighted by atomic mass is 16.6. The Morgan fingerprint density at radius 1 is 0.843 bits per heavy atom. The molecule has 0 saturated heterocycles. The Balaban J connectivity index is 1.48. The number of rotatable bonds is 12. The van der Waals surface area contributed by atoms with Gasteiger partial charge in [-0.1, -0.05) is 34.6 Å². The summed E-state index contributed by atoms with van der Waals surface area (Å²) in [4.78, 5) is 67.2. The Morgan fingerprint density at radius 2 is 1.53 bits per heavy atom. The summed E-state index contributed by atoms with van der Waals surface area (Å²) in [5, 5.41) is 12.7. The second kappa shape index (κ2) is 14.1. The normalized spacial score (nSPS) is 12.1. The van der Waals surface area contributed by atoms with Crippen molar-refractivity contribution in [3.05, 3.63) is 93.9 Å². The van der Waals surface area contributed by atoms with Crippen LogP contribution < -0.4 is 16.0 Å². The number of aryl methyl sites for hydroxylation is 1. The van der Waals surface area contributed by atoms with Crippen molar-refractivity contribution >= 4 is 45.5 Å². The average Bonchev–Trinajstić information content (AvgIpc) is 3.48. The van der Waals surface area contributed by atoms with Gasteiger partial charge < -0.3 is 24.5 Å². The highest BCUT2D eigenvalue weighted by Crippen LogP contribution is 2.37. The topological polar surface area (TPSA) is 196 Å². The molecule has 0 aliphatic heterocycles. The Bertz CT molecular complexity index is 2160. The molecule has 2 aromatic heterocycles. The molecule has 0 spiro atoms. The second-order valence-corrected chi connectivity index (χ2v) is 14.1. The molecule has 0 unspecified atom stereocenters. The molecule has 5 aromatic rings. The standard InChI is InChI=1S/C37H39N5O9/c1-35(2,3)49-33(46)37(34(47)50-36(4,5)6,16-17-42-32(45)25-12-7-8-13-27(25)39-41-42)20-28(43)30-26-15-14-24(19-29(26)51-40-30)48-21-22-10-9-11-23(18-22)31(38)44/h7-15,18-19H,16-17,20-21H2,1-6H3,(H2,38,44). The maximum absolute atomic E-state index is 14.1. The van der Waals surface area contributed by atoms with Crippen molar-refractivity contribution < 1.29 is 37.9 Å². The molecular formula is C37H39N5O9. The minimum Gasteiger partial charge on any atom is -0.489 e. The van der Waals surface area contributed by atoms with Crippen molar-refractivity contribution in [2.24, 2.45) is 11.1 Å². The number of hydrogen-bond donors (Lipinski definition) is 1. The Hall–Kier alpha value is -5.92. The van der Waals surface area contributed by atoms with E-state index in [2.05, 4.69) is 15.5 Å². The third-order valence-electron chi connectivity index (χ3n) is 7.75. The van der Waals surface area contributed by atoms with Crippen molar-refractivity contribution in [2.45, 2.75) is 78.7 Å². The van der Waals surface area contributed by atoms with Gasteiger partial charge >= 0.3 is 11.9 Å². The number of esters is 2. The van der Waals surface area contributed by atoms with Gasteiger partial charge in [-0.3, -0.25) is 24.0 Å². The smallest absolute Gasteiger partial charge is 0.324 e. The van der Waals surface area contributed by atoms with Gasteiger partial charge in [0.2, 0.25) is 5.91 Å². The van der Waals surface area contributed by atoms with Crippen LogP contribution in [0.15, 0.2) is 76.0 Å². The number of primary amides is 1. The van der Waals surface area contributed by atoms with E-state index in [0.717, 1.165) is 4.68 Å². The first-order chi connectivity index (χ1) is 24.0. The van der Waals surface area contributed by atoms with Gasteiger partial charge in [0.1, 0.15) is 29.1 Å². The van der Waals surface area contributed by atoms with Crippen molar-refractivity contribution in [2.75, 3.05) is 0 Å². The van der Waals surface area contributed by atoms with Crippen LogP contribution in [0.2, 0.25) is 0 Å². The number of carbonyl (C=O) groups excluding carboxylic acids is 4. The number of nitrogens with zero attached hydrogens (tertiary/aromatic N) is 4. The van der Waals surface area contributed by atoms with Gasteiger partial charge in [-0.2, -0.15) is 0 Å². The first-order valence-electron chi connectivity index (χ1n) is 16.2. The Kier molecular flexibility index (Phi) is 10.1. The fraction of sp³-hybridized carbons (Fsp3) is 0.351. The number of benzene rings is 3. The third-order valence-corrected chi connectivity index (χ3v) is 7.75. The van der Waals surface area contributed by atoms with Gasteiger partial charge in [-0.25, -0.2) is 4.68 Å². The molecule has 2 heterocycles. The van der Waals surface area contributed by atoms with Crippen molar-refractivity contribution in [3.63, 3.8) is 0 Å². The Morgan fingerprint density at radius 3 is 2.20 bits per heavy atom. The molecule has 14 heteroatoms. The summed E-state index contributed by atoms with van der Waals surface area (Å²) in [6, 6.07) is 18.0. The van der Waals surface area contributed by atoms with Crippen LogP contribution in [-0.4, -0.2) is 55.0 Å². The van der Waals surface area contributed by atoms with Gasteiger partial charge in [0.25, 0.3) is 5.56 Å². The molecule has 0 fully saturated rings. The molecule has 2 N–H and O–H groups in total. The summed E-state index contributed by atoms with van der Waals surface area (Å²) in [6.07, 6.45) is -1.11. The fourth-order valence-corrected chi connectivity index (χ4v) is 5.29. The molecule has 3 aromatic carbocycles. The first-order valence-corrected chi connectivity index (χ1v) is 16.2. The summed E-state index contributed by atoms with van der Waals surface area (Å²) in [6.45, 7) is 9.62. The van der Waals surface area contributed by atoms with Crippen LogP contribution in [0, 0.1) is 5.41 Å². The van der Waals surface area contributed by atoms with E-state index < -0.39 is 52.2 Å². The molecule has 0 aliphatic carbocycles. The van der Waals surface area contributed by atoms with Crippen molar-refractivity contribution in [3.8, 4) is 5.75 Å². The molecule has 14 nitrogen and oxygen atoms in total. The van der Waals surface area contributed by atoms with Gasteiger partial charge in [0.15, 0.2) is 22.5 Å². The summed E-state index contributed by atoms with van der Waals surface area (Å²) < 4.78 is 23.9. The lowest BCUT2D eigenvalue weighted by Gasteiger charge is -2.34. The van der Waals surface area contributed by atoms with E-state index in [0.29, 0.717) is 33.2 Å². The van der Waals surface area contributed by atoms with Crippen LogP contribution in [0.3, 0.4) is 0 Å². The number of Topliss-reactive ketones (excluding diaryl/α,β-unsaturated/α-hetero) is 1. The maximum Gasteiger partial charge on any atom is 0.324 e. The number of carbonyl (C=O) groups is 4. The molecule has 266 valence electrons. The molecular weight excluding hydrogens is 658 g/mol. The highest BCUT2D eigenvalue weighted by molar-refractivity contribution is 6.11. The van der Waals surface area contributed by atoms with E-state index in [-0.39, 0.29) is 30.8 Å². The fourth-order valence-electron chi connectivity index (χ4n) is 5.29. The minimum atomic E-state index is -2.22. The number of nitrogens with two attached hydrogens (primary N) is 1. The van der Waals surface area contributed by atoms with Gasteiger partial charge in [-0.15, -0.1) is 5.10 Å². The molecule has 0 aliphatic rings. The Labute approximate surface area is 292 Å². The molecule has 0 saturated carbocycles. The number of fused-ring (bicyclic) bond motifs is 2. The number of amides is 1. The van der Waals surface area contributed by atoms with Crippen molar-refractivity contribution in [1.29, 1.82) is 0 Å². The minimum absolute atomic E-state index is 0.117. The average molecular weight is 698 g/mol. The molecule has 5 rings (SSSR count). The number of ether oxygens (including phenoxy) is 3. The number of hydrogen-bond acceptors (Lipinski definition) is 12. The van der Waals surface area contributed by atoms with Crippen LogP contribution in [0.4, 0.5) is 0 Å². The van der Waals surface area contributed by atoms with Crippen LogP contribution in [-0.2, 0) is 32.2 Å². The zero-order valence-corrected chi connectivity index (χ0v) is 29.2. The lowest BCUT2D eigenvalue weighted by Crippen LogP contribution is -2.49. The highest BCUT2D eigenvalue weighted by Gasteiger charge is 2.53. The molecule has 51 heavy (non-hydrogen) atoms. The summed E-state index contributed by atoms with van der Waals surface area (Å²) in [7, 11) is 0. The molecule has 0 atom stereocenters. The van der Waals surface area contributed by atoms with E-state index in [1.807, 2.05) is 0 Å². The van der Waals surface area contributed by atoms with E-state index >= 15 is 0 Å². The zero-order valence-electron chi connectivity index (χ0n) is 29.2. The summed E-state index contributed by atoms with van der Waals surface area (Å²) in [5.41, 5.74) is 2.06. The van der Waals surface area contributed by atoms with Crippen LogP contribution in [0.1, 0.15) is 80.8 Å². The van der Waals surface area contributed by atoms with Crippen molar-refractivity contribution in [1.82, 2.24) is 20.2 Å². The quantitative estimate of drug-likeness (QED) is 0.105. The van der Waals surface area contributed by atoms with Gasteiger partial charge in [0, 0.05) is 24.6 Å². The predicted octanol–water partition coefficient (Wildman–Crippen LogP) is 4.94. The lowest BCUT2D eigenvalue weighted by atomic mass is 9.78. The summed E-state index contributed by atoms with van der Waals surface area (Å²) >= 11 is 0. The second-order valence-electron chi connectivity index (χ2n) is 14.1. The first kappa shape index (κ1) is 36.4. The number of aromatic nitrogens is 4. The summed E-state index contributed by atoms with van der Waals surface area (Å²) in [5.74, 6) is -2.90. The van der Waals surface area contributed by atoms with Crippen LogP contribution in [0.25, 0.3) is 21.9 Å². The molecule has 0 radical (unpaired) electrons. The van der Waals surface area contributed by atoms with Gasteiger partial charge in [0.05, 0.1) is 10.8 Å². The number of ketones is 1. The van der Waals surface area contributed by atoms with E-state index in [4.69, 9.17) is 24.5 Å². The van der Waals surface area contributed by atoms with E-state index in [1.54, 1.807) is 102 Å². The largest absolute Gasteiger partial charge is 0.489 e. The molecule has 1 amide bonds. The monoisotopic (exact) mass is 697 g/mol. The maximum atomic E-state index is 14.1. The lowest BCUT2D eigenvalue weighted by molar-refractivity contribution is -0.186. The predicted molar refractivity (Wildman–Crippen MR) is 185 cm³/mol.